The van der Waals surface area contributed by atoms with Crippen molar-refractivity contribution in [3.8, 4) is 0 Å². The lowest BCUT2D eigenvalue weighted by Crippen LogP contribution is -2.46. The molecule has 19 heavy (non-hydrogen) atoms. The molecule has 3 heterocycles. The van der Waals surface area contributed by atoms with E-state index in [4.69, 9.17) is 4.74 Å². The highest BCUT2D eigenvalue weighted by atomic mass is 16.5. The number of carboxylic acid groups (broad SMARTS) is 1. The fraction of sp³-hybridized carbons (Fsp3) is 0.462. The van der Waals surface area contributed by atoms with Crippen LogP contribution in [0.2, 0.25) is 0 Å². The van der Waals surface area contributed by atoms with Crippen LogP contribution in [-0.4, -0.2) is 29.1 Å². The SMILES string of the molecule is O=C([O-])[C@@H]1[C@@H](C(=O)Nc2cccnc2)[C@H]2CC[C@@H]1O2. The normalized spacial score (nSPS) is 32.2. The third kappa shape index (κ3) is 2.08. The van der Waals surface area contributed by atoms with Crippen LogP contribution in [0.4, 0.5) is 5.69 Å². The van der Waals surface area contributed by atoms with Gasteiger partial charge in [-0.05, 0) is 25.0 Å². The monoisotopic (exact) mass is 261 g/mol. The number of rotatable bonds is 3. The van der Waals surface area contributed by atoms with E-state index < -0.39 is 17.8 Å². The fourth-order valence-corrected chi connectivity index (χ4v) is 2.97. The molecule has 4 atom stereocenters. The van der Waals surface area contributed by atoms with Gasteiger partial charge in [0.15, 0.2) is 0 Å². The van der Waals surface area contributed by atoms with Crippen LogP contribution in [0.3, 0.4) is 0 Å². The van der Waals surface area contributed by atoms with Crippen molar-refractivity contribution in [1.29, 1.82) is 0 Å². The van der Waals surface area contributed by atoms with Crippen LogP contribution >= 0.6 is 0 Å². The van der Waals surface area contributed by atoms with Crippen LogP contribution in [-0.2, 0) is 14.3 Å². The van der Waals surface area contributed by atoms with Crippen molar-refractivity contribution in [2.45, 2.75) is 25.0 Å². The minimum atomic E-state index is -1.21. The average Bonchev–Trinajstić information content (AvgIpc) is 2.99. The lowest BCUT2D eigenvalue weighted by molar-refractivity contribution is -0.313. The molecule has 0 unspecified atom stereocenters. The van der Waals surface area contributed by atoms with Crippen molar-refractivity contribution in [2.24, 2.45) is 11.8 Å². The Kier molecular flexibility index (Phi) is 2.94. The van der Waals surface area contributed by atoms with Crippen LogP contribution < -0.4 is 10.4 Å². The molecule has 2 aliphatic heterocycles. The van der Waals surface area contributed by atoms with Crippen LogP contribution in [0.1, 0.15) is 12.8 Å². The van der Waals surface area contributed by atoms with Gasteiger partial charge in [-0.2, -0.15) is 0 Å². The first-order chi connectivity index (χ1) is 9.16. The summed E-state index contributed by atoms with van der Waals surface area (Å²) in [5, 5.41) is 13.9. The molecule has 6 heteroatoms. The molecule has 2 aliphatic rings. The van der Waals surface area contributed by atoms with Gasteiger partial charge in [-0.1, -0.05) is 0 Å². The molecule has 2 bridgehead atoms. The Balaban J connectivity index is 1.77. The maximum Gasteiger partial charge on any atom is 0.230 e. The van der Waals surface area contributed by atoms with Gasteiger partial charge in [0.05, 0.1) is 30.0 Å². The highest BCUT2D eigenvalue weighted by Crippen LogP contribution is 2.43. The highest BCUT2D eigenvalue weighted by Gasteiger charge is 2.52. The minimum Gasteiger partial charge on any atom is -0.550 e. The first-order valence-corrected chi connectivity index (χ1v) is 6.24. The number of anilines is 1. The molecule has 100 valence electrons. The zero-order chi connectivity index (χ0) is 13.4. The molecular formula is C13H13N2O4-. The topological polar surface area (TPSA) is 91.3 Å². The smallest absolute Gasteiger partial charge is 0.230 e. The zero-order valence-corrected chi connectivity index (χ0v) is 10.1. The molecule has 1 aromatic rings. The summed E-state index contributed by atoms with van der Waals surface area (Å²) in [5.74, 6) is -3.08. The third-order valence-corrected chi connectivity index (χ3v) is 3.78. The van der Waals surface area contributed by atoms with Crippen LogP contribution in [0.25, 0.3) is 0 Å². The van der Waals surface area contributed by atoms with Gasteiger partial charge in [0.2, 0.25) is 5.91 Å². The molecule has 1 amide bonds. The van der Waals surface area contributed by atoms with E-state index in [2.05, 4.69) is 10.3 Å². The quantitative estimate of drug-likeness (QED) is 0.796. The van der Waals surface area contributed by atoms with E-state index in [9.17, 15) is 14.7 Å². The fourth-order valence-electron chi connectivity index (χ4n) is 2.97. The predicted molar refractivity (Wildman–Crippen MR) is 62.7 cm³/mol. The molecule has 0 spiro atoms. The van der Waals surface area contributed by atoms with Crippen molar-refractivity contribution in [2.75, 3.05) is 5.32 Å². The lowest BCUT2D eigenvalue weighted by atomic mass is 9.78. The van der Waals surface area contributed by atoms with Crippen LogP contribution in [0.15, 0.2) is 24.5 Å². The third-order valence-electron chi connectivity index (χ3n) is 3.78. The van der Waals surface area contributed by atoms with Crippen molar-refractivity contribution >= 4 is 17.6 Å². The number of ether oxygens (including phenoxy) is 1. The Morgan fingerprint density at radius 2 is 2.05 bits per heavy atom. The van der Waals surface area contributed by atoms with Gasteiger partial charge in [-0.15, -0.1) is 0 Å². The number of aliphatic carboxylic acids is 1. The Morgan fingerprint density at radius 3 is 2.68 bits per heavy atom. The number of nitrogens with zero attached hydrogens (tertiary/aromatic N) is 1. The number of carbonyl (C=O) groups excluding carboxylic acids is 2. The first-order valence-electron chi connectivity index (χ1n) is 6.24. The molecule has 2 saturated heterocycles. The summed E-state index contributed by atoms with van der Waals surface area (Å²) >= 11 is 0. The highest BCUT2D eigenvalue weighted by molar-refractivity contribution is 5.95. The molecule has 0 aromatic carbocycles. The van der Waals surface area contributed by atoms with E-state index in [-0.39, 0.29) is 18.1 Å². The summed E-state index contributed by atoms with van der Waals surface area (Å²) in [6.07, 6.45) is 3.81. The van der Waals surface area contributed by atoms with E-state index in [1.807, 2.05) is 0 Å². The Morgan fingerprint density at radius 1 is 1.32 bits per heavy atom. The van der Waals surface area contributed by atoms with Crippen molar-refractivity contribution in [1.82, 2.24) is 4.98 Å². The predicted octanol–water partition coefficient (Wildman–Crippen LogP) is -0.436. The number of hydrogen-bond acceptors (Lipinski definition) is 5. The van der Waals surface area contributed by atoms with Crippen molar-refractivity contribution in [3.05, 3.63) is 24.5 Å². The summed E-state index contributed by atoms with van der Waals surface area (Å²) < 4.78 is 5.52. The molecular weight excluding hydrogens is 248 g/mol. The second kappa shape index (κ2) is 4.62. The number of pyridine rings is 1. The molecule has 0 radical (unpaired) electrons. The van der Waals surface area contributed by atoms with Gasteiger partial charge in [0, 0.05) is 18.1 Å². The second-order valence-corrected chi connectivity index (χ2v) is 4.89. The number of carboxylic acids is 1. The lowest BCUT2D eigenvalue weighted by Gasteiger charge is -2.27. The number of hydrogen-bond donors (Lipinski definition) is 1. The van der Waals surface area contributed by atoms with E-state index in [0.717, 1.165) is 6.42 Å². The van der Waals surface area contributed by atoms with E-state index >= 15 is 0 Å². The summed E-state index contributed by atoms with van der Waals surface area (Å²) in [5.41, 5.74) is 0.548. The van der Waals surface area contributed by atoms with Gasteiger partial charge in [-0.25, -0.2) is 0 Å². The number of fused-ring (bicyclic) bond motifs is 2. The molecule has 3 rings (SSSR count). The second-order valence-electron chi connectivity index (χ2n) is 4.89. The molecule has 0 aliphatic carbocycles. The number of nitrogens with one attached hydrogen (secondary N) is 1. The molecule has 0 saturated carbocycles. The Bertz CT molecular complexity index is 505. The Hall–Kier alpha value is -1.95. The molecule has 6 nitrogen and oxygen atoms in total. The molecule has 2 fully saturated rings. The van der Waals surface area contributed by atoms with E-state index in [0.29, 0.717) is 12.1 Å². The van der Waals surface area contributed by atoms with E-state index in [1.54, 1.807) is 18.3 Å². The number of aromatic nitrogens is 1. The van der Waals surface area contributed by atoms with Crippen molar-refractivity contribution in [3.63, 3.8) is 0 Å². The number of amides is 1. The number of carbonyl (C=O) groups is 2. The first kappa shape index (κ1) is 12.1. The zero-order valence-electron chi connectivity index (χ0n) is 10.1. The standard InChI is InChI=1S/C13H14N2O4/c16-12(15-7-2-1-5-14-6-7)10-8-3-4-9(19-8)11(10)13(17)18/h1-2,5-6,8-11H,3-4H2,(H,15,16)(H,17,18)/p-1/t8-,9+,10+,11+/m1/s1. The van der Waals surface area contributed by atoms with Crippen LogP contribution in [0, 0.1) is 11.8 Å². The Labute approximate surface area is 109 Å². The maximum atomic E-state index is 12.2. The van der Waals surface area contributed by atoms with Crippen LogP contribution in [0.5, 0.6) is 0 Å². The molecule has 1 aromatic heterocycles. The largest absolute Gasteiger partial charge is 0.550 e. The minimum absolute atomic E-state index is 0.315. The van der Waals surface area contributed by atoms with Crippen molar-refractivity contribution < 1.29 is 19.4 Å². The van der Waals surface area contributed by atoms with Gasteiger partial charge < -0.3 is 20.0 Å². The summed E-state index contributed by atoms with van der Waals surface area (Å²) in [6.45, 7) is 0. The van der Waals surface area contributed by atoms with E-state index in [1.165, 1.54) is 6.20 Å². The summed E-state index contributed by atoms with van der Waals surface area (Å²) in [4.78, 5) is 27.3. The summed E-state index contributed by atoms with van der Waals surface area (Å²) in [6, 6.07) is 3.40. The van der Waals surface area contributed by atoms with Gasteiger partial charge >= 0.3 is 0 Å². The maximum absolute atomic E-state index is 12.2. The van der Waals surface area contributed by atoms with Gasteiger partial charge in [0.1, 0.15) is 0 Å². The van der Waals surface area contributed by atoms with Gasteiger partial charge in [0.25, 0.3) is 0 Å². The summed E-state index contributed by atoms with van der Waals surface area (Å²) in [7, 11) is 0. The average molecular weight is 261 g/mol. The van der Waals surface area contributed by atoms with Gasteiger partial charge in [-0.3, -0.25) is 9.78 Å². The molecule has 1 N–H and O–H groups in total.